The highest BCUT2D eigenvalue weighted by Gasteiger charge is 2.33. The average Bonchev–Trinajstić information content (AvgIpc) is 2.09. The second kappa shape index (κ2) is 9.55. The molecule has 0 saturated heterocycles. The third kappa shape index (κ3) is 13.1. The van der Waals surface area contributed by atoms with Crippen molar-refractivity contribution in [3.05, 3.63) is 0 Å². The lowest BCUT2D eigenvalue weighted by molar-refractivity contribution is -0.159. The SMILES string of the molecule is CC(C)(C)OC(=O)CC(N)(CN)CC(=O)OC(C)(C)C.Cl.Cl. The number of nitrogens with two attached hydrogens (primary N) is 2. The molecule has 0 aromatic rings. The second-order valence-corrected chi connectivity index (χ2v) is 7.09. The van der Waals surface area contributed by atoms with E-state index in [1.54, 1.807) is 41.5 Å². The maximum Gasteiger partial charge on any atom is 0.308 e. The number of carbonyl (C=O) groups excluding carboxylic acids is 2. The van der Waals surface area contributed by atoms with Gasteiger partial charge in [-0.2, -0.15) is 0 Å². The fourth-order valence-corrected chi connectivity index (χ4v) is 1.54. The van der Waals surface area contributed by atoms with Gasteiger partial charge in [0.15, 0.2) is 0 Å². The average molecular weight is 361 g/mol. The first-order chi connectivity index (χ1) is 8.76. The molecule has 8 heteroatoms. The van der Waals surface area contributed by atoms with Gasteiger partial charge < -0.3 is 20.9 Å². The summed E-state index contributed by atoms with van der Waals surface area (Å²) in [5.41, 5.74) is 9.26. The third-order valence-corrected chi connectivity index (χ3v) is 2.24. The highest BCUT2D eigenvalue weighted by atomic mass is 35.5. The van der Waals surface area contributed by atoms with Crippen LogP contribution in [0.4, 0.5) is 0 Å². The molecule has 0 amide bonds. The molecule has 134 valence electrons. The lowest BCUT2D eigenvalue weighted by Gasteiger charge is -2.29. The Hall–Kier alpha value is -0.560. The molecule has 0 fully saturated rings. The molecule has 0 aromatic carbocycles. The van der Waals surface area contributed by atoms with Crippen LogP contribution in [0.5, 0.6) is 0 Å². The van der Waals surface area contributed by atoms with Crippen molar-refractivity contribution in [1.29, 1.82) is 0 Å². The maximum atomic E-state index is 11.8. The van der Waals surface area contributed by atoms with Crippen LogP contribution in [0.15, 0.2) is 0 Å². The molecular formula is C14H30Cl2N2O4. The van der Waals surface area contributed by atoms with Crippen LogP contribution in [0.3, 0.4) is 0 Å². The smallest absolute Gasteiger partial charge is 0.308 e. The summed E-state index contributed by atoms with van der Waals surface area (Å²) in [5, 5.41) is 0. The Bertz CT molecular complexity index is 333. The summed E-state index contributed by atoms with van der Waals surface area (Å²) in [6.45, 7) is 10.6. The molecule has 0 rings (SSSR count). The van der Waals surface area contributed by atoms with Gasteiger partial charge in [0, 0.05) is 12.1 Å². The van der Waals surface area contributed by atoms with E-state index in [-0.39, 0.29) is 44.2 Å². The lowest BCUT2D eigenvalue weighted by atomic mass is 9.92. The molecule has 6 nitrogen and oxygen atoms in total. The first-order valence-electron chi connectivity index (χ1n) is 6.69. The molecule has 0 aliphatic heterocycles. The molecule has 0 unspecified atom stereocenters. The van der Waals surface area contributed by atoms with Gasteiger partial charge in [-0.05, 0) is 41.5 Å². The van der Waals surface area contributed by atoms with Gasteiger partial charge in [-0.25, -0.2) is 0 Å². The van der Waals surface area contributed by atoms with Gasteiger partial charge in [0.2, 0.25) is 0 Å². The Morgan fingerprint density at radius 3 is 1.27 bits per heavy atom. The fraction of sp³-hybridized carbons (Fsp3) is 0.857. The van der Waals surface area contributed by atoms with Gasteiger partial charge in [-0.1, -0.05) is 0 Å². The lowest BCUT2D eigenvalue weighted by Crippen LogP contribution is -2.51. The van der Waals surface area contributed by atoms with Crippen LogP contribution in [0.2, 0.25) is 0 Å². The quantitative estimate of drug-likeness (QED) is 0.725. The van der Waals surface area contributed by atoms with E-state index >= 15 is 0 Å². The number of hydrogen-bond acceptors (Lipinski definition) is 6. The summed E-state index contributed by atoms with van der Waals surface area (Å²) in [6, 6.07) is 0. The molecule has 4 N–H and O–H groups in total. The summed E-state index contributed by atoms with van der Waals surface area (Å²) >= 11 is 0. The van der Waals surface area contributed by atoms with Crippen molar-refractivity contribution < 1.29 is 19.1 Å². The highest BCUT2D eigenvalue weighted by Crippen LogP contribution is 2.18. The minimum absolute atomic E-state index is 0. The molecule has 0 atom stereocenters. The number of esters is 2. The van der Waals surface area contributed by atoms with E-state index in [1.807, 2.05) is 0 Å². The molecule has 0 spiro atoms. The van der Waals surface area contributed by atoms with Gasteiger partial charge >= 0.3 is 11.9 Å². The zero-order valence-corrected chi connectivity index (χ0v) is 15.9. The molecule has 0 heterocycles. The topological polar surface area (TPSA) is 105 Å². The van der Waals surface area contributed by atoms with Gasteiger partial charge in [0.25, 0.3) is 0 Å². The van der Waals surface area contributed by atoms with E-state index in [0.717, 1.165) is 0 Å². The Labute approximate surface area is 145 Å². The summed E-state index contributed by atoms with van der Waals surface area (Å²) in [6.07, 6.45) is -0.250. The molecule has 0 saturated carbocycles. The molecule has 0 aliphatic rings. The maximum absolute atomic E-state index is 11.8. The van der Waals surface area contributed by atoms with E-state index in [1.165, 1.54) is 0 Å². The van der Waals surface area contributed by atoms with Gasteiger partial charge in [-0.3, -0.25) is 9.59 Å². The van der Waals surface area contributed by atoms with E-state index in [4.69, 9.17) is 20.9 Å². The Morgan fingerprint density at radius 1 is 0.818 bits per heavy atom. The van der Waals surface area contributed by atoms with Crippen molar-refractivity contribution in [3.8, 4) is 0 Å². The normalized spacial score (nSPS) is 11.8. The van der Waals surface area contributed by atoms with Crippen LogP contribution in [-0.2, 0) is 19.1 Å². The van der Waals surface area contributed by atoms with Crippen LogP contribution >= 0.6 is 24.8 Å². The van der Waals surface area contributed by atoms with E-state index in [0.29, 0.717) is 0 Å². The van der Waals surface area contributed by atoms with Crippen LogP contribution in [0.25, 0.3) is 0 Å². The van der Waals surface area contributed by atoms with E-state index in [2.05, 4.69) is 0 Å². The Kier molecular flexibility index (Phi) is 11.4. The number of rotatable bonds is 5. The van der Waals surface area contributed by atoms with Crippen molar-refractivity contribution in [2.45, 2.75) is 71.1 Å². The number of carbonyl (C=O) groups is 2. The van der Waals surface area contributed by atoms with Crippen molar-refractivity contribution >= 4 is 36.8 Å². The molecule has 0 aromatic heterocycles. The van der Waals surface area contributed by atoms with Crippen LogP contribution in [0.1, 0.15) is 54.4 Å². The van der Waals surface area contributed by atoms with Crippen LogP contribution in [0, 0.1) is 0 Å². The largest absolute Gasteiger partial charge is 0.460 e. The molecular weight excluding hydrogens is 331 g/mol. The molecule has 22 heavy (non-hydrogen) atoms. The van der Waals surface area contributed by atoms with Crippen LogP contribution < -0.4 is 11.5 Å². The minimum atomic E-state index is -1.15. The fourth-order valence-electron chi connectivity index (χ4n) is 1.54. The third-order valence-electron chi connectivity index (χ3n) is 2.24. The summed E-state index contributed by atoms with van der Waals surface area (Å²) in [4.78, 5) is 23.6. The zero-order chi connectivity index (χ0) is 16.2. The second-order valence-electron chi connectivity index (χ2n) is 7.09. The number of halogens is 2. The minimum Gasteiger partial charge on any atom is -0.460 e. The molecule has 0 radical (unpaired) electrons. The first kappa shape index (κ1) is 26.3. The van der Waals surface area contributed by atoms with E-state index < -0.39 is 28.7 Å². The van der Waals surface area contributed by atoms with Crippen molar-refractivity contribution in [1.82, 2.24) is 0 Å². The van der Waals surface area contributed by atoms with E-state index in [9.17, 15) is 9.59 Å². The monoisotopic (exact) mass is 360 g/mol. The summed E-state index contributed by atoms with van der Waals surface area (Å²) in [7, 11) is 0. The molecule has 0 bridgehead atoms. The molecule has 0 aliphatic carbocycles. The number of ether oxygens (including phenoxy) is 2. The standard InChI is InChI=1S/C14H28N2O4.2ClH/c1-12(2,3)19-10(17)7-14(16,9-15)8-11(18)20-13(4,5)6;;/h7-9,15-16H2,1-6H3;2*1H. The first-order valence-corrected chi connectivity index (χ1v) is 6.69. The summed E-state index contributed by atoms with van der Waals surface area (Å²) < 4.78 is 10.4. The highest BCUT2D eigenvalue weighted by molar-refractivity contribution is 5.85. The predicted molar refractivity (Wildman–Crippen MR) is 91.4 cm³/mol. The Morgan fingerprint density at radius 2 is 1.09 bits per heavy atom. The Balaban J connectivity index is -0.00000180. The van der Waals surface area contributed by atoms with Gasteiger partial charge in [0.05, 0.1) is 12.8 Å². The van der Waals surface area contributed by atoms with Crippen molar-refractivity contribution in [2.24, 2.45) is 11.5 Å². The van der Waals surface area contributed by atoms with Crippen LogP contribution in [-0.4, -0.2) is 35.2 Å². The van der Waals surface area contributed by atoms with Gasteiger partial charge in [-0.15, -0.1) is 24.8 Å². The predicted octanol–water partition coefficient (Wildman–Crippen LogP) is 1.95. The summed E-state index contributed by atoms with van der Waals surface area (Å²) in [5.74, 6) is -0.956. The van der Waals surface area contributed by atoms with Crippen molar-refractivity contribution in [2.75, 3.05) is 6.54 Å². The zero-order valence-electron chi connectivity index (χ0n) is 14.2. The van der Waals surface area contributed by atoms with Crippen molar-refractivity contribution in [3.63, 3.8) is 0 Å². The number of hydrogen-bond donors (Lipinski definition) is 2. The van der Waals surface area contributed by atoms with Gasteiger partial charge in [0.1, 0.15) is 11.2 Å².